The highest BCUT2D eigenvalue weighted by atomic mass is 16.5. The van der Waals surface area contributed by atoms with Crippen LogP contribution in [0.1, 0.15) is 26.4 Å². The number of benzene rings is 1. The summed E-state index contributed by atoms with van der Waals surface area (Å²) in [5.41, 5.74) is 1.60. The van der Waals surface area contributed by atoms with Crippen LogP contribution in [0.4, 0.5) is 0 Å². The van der Waals surface area contributed by atoms with Gasteiger partial charge in [-0.2, -0.15) is 5.10 Å². The van der Waals surface area contributed by atoms with Crippen LogP contribution in [0.5, 0.6) is 0 Å². The van der Waals surface area contributed by atoms with Crippen LogP contribution in [0.2, 0.25) is 0 Å². The highest BCUT2D eigenvalue weighted by molar-refractivity contribution is 6.04. The molecule has 138 valence electrons. The van der Waals surface area contributed by atoms with Gasteiger partial charge >= 0.3 is 5.97 Å². The van der Waals surface area contributed by atoms with Gasteiger partial charge in [0.15, 0.2) is 6.61 Å². The molecule has 0 fully saturated rings. The van der Waals surface area contributed by atoms with Gasteiger partial charge in [-0.15, -0.1) is 0 Å². The topological polar surface area (TPSA) is 95.2 Å². The largest absolute Gasteiger partial charge is 0.452 e. The Bertz CT molecular complexity index is 959. The lowest BCUT2D eigenvalue weighted by Gasteiger charge is -2.05. The molecule has 0 aliphatic carbocycles. The molecule has 2 aromatic heterocycles. The van der Waals surface area contributed by atoms with E-state index in [1.165, 1.54) is 6.20 Å². The molecule has 0 saturated heterocycles. The molecule has 3 rings (SSSR count). The van der Waals surface area contributed by atoms with Crippen LogP contribution in [-0.2, 0) is 23.1 Å². The number of carbonyl (C=O) groups excluding carboxylic acids is 3. The van der Waals surface area contributed by atoms with E-state index >= 15 is 0 Å². The van der Waals surface area contributed by atoms with E-state index in [0.717, 1.165) is 5.56 Å². The Morgan fingerprint density at radius 1 is 1.11 bits per heavy atom. The van der Waals surface area contributed by atoms with E-state index in [9.17, 15) is 14.4 Å². The summed E-state index contributed by atoms with van der Waals surface area (Å²) in [6, 6.07) is 12.9. The van der Waals surface area contributed by atoms with E-state index in [0.29, 0.717) is 12.2 Å². The average molecular weight is 366 g/mol. The van der Waals surface area contributed by atoms with Gasteiger partial charge in [0, 0.05) is 19.4 Å². The first-order valence-electron chi connectivity index (χ1n) is 8.22. The highest BCUT2D eigenvalue weighted by Gasteiger charge is 2.16. The Kier molecular flexibility index (Phi) is 5.46. The zero-order valence-electron chi connectivity index (χ0n) is 14.7. The number of aryl methyl sites for hydroxylation is 1. The zero-order chi connectivity index (χ0) is 19.2. The maximum absolute atomic E-state index is 12.0. The van der Waals surface area contributed by atoms with Crippen LogP contribution in [0.3, 0.4) is 0 Å². The quantitative estimate of drug-likeness (QED) is 0.665. The van der Waals surface area contributed by atoms with E-state index in [1.54, 1.807) is 40.8 Å². The van der Waals surface area contributed by atoms with E-state index in [2.05, 4.69) is 10.4 Å². The molecular formula is C19H18N4O4. The second kappa shape index (κ2) is 8.13. The highest BCUT2D eigenvalue weighted by Crippen LogP contribution is 2.05. The third-order valence-corrected chi connectivity index (χ3v) is 3.82. The van der Waals surface area contributed by atoms with Gasteiger partial charge in [-0.3, -0.25) is 19.6 Å². The number of nitrogens with one attached hydrogen (secondary N) is 1. The summed E-state index contributed by atoms with van der Waals surface area (Å²) in [7, 11) is 1.69. The summed E-state index contributed by atoms with van der Waals surface area (Å²) in [6.45, 7) is -0.0430. The maximum atomic E-state index is 12.0. The molecule has 2 heterocycles. The van der Waals surface area contributed by atoms with Crippen LogP contribution in [0.25, 0.3) is 0 Å². The standard InChI is InChI=1S/C19H18N4O4/c1-22-9-5-8-16(22)18(25)21-17(24)13-27-19(26)15-10-20-23(12-15)11-14-6-3-2-4-7-14/h2-10,12H,11,13H2,1H3,(H,21,24,25). The Labute approximate surface area is 155 Å². The fourth-order valence-corrected chi connectivity index (χ4v) is 2.46. The summed E-state index contributed by atoms with van der Waals surface area (Å²) in [6.07, 6.45) is 4.60. The summed E-state index contributed by atoms with van der Waals surface area (Å²) < 4.78 is 8.12. The van der Waals surface area contributed by atoms with Crippen LogP contribution in [0, 0.1) is 0 Å². The predicted octanol–water partition coefficient (Wildman–Crippen LogP) is 1.38. The predicted molar refractivity (Wildman–Crippen MR) is 95.9 cm³/mol. The lowest BCUT2D eigenvalue weighted by atomic mass is 10.2. The van der Waals surface area contributed by atoms with Crippen molar-refractivity contribution in [3.63, 3.8) is 0 Å². The molecule has 1 N–H and O–H groups in total. The molecule has 0 spiro atoms. The molecule has 0 bridgehead atoms. The lowest BCUT2D eigenvalue weighted by Crippen LogP contribution is -2.35. The van der Waals surface area contributed by atoms with Crippen LogP contribution < -0.4 is 5.32 Å². The van der Waals surface area contributed by atoms with E-state index in [4.69, 9.17) is 4.74 Å². The van der Waals surface area contributed by atoms with Crippen molar-refractivity contribution in [2.45, 2.75) is 6.54 Å². The van der Waals surface area contributed by atoms with Crippen molar-refractivity contribution in [1.82, 2.24) is 19.7 Å². The molecule has 8 heteroatoms. The number of esters is 1. The van der Waals surface area contributed by atoms with Gasteiger partial charge in [0.05, 0.1) is 18.3 Å². The van der Waals surface area contributed by atoms with Crippen molar-refractivity contribution in [2.24, 2.45) is 7.05 Å². The zero-order valence-corrected chi connectivity index (χ0v) is 14.7. The number of ether oxygens (including phenoxy) is 1. The fourth-order valence-electron chi connectivity index (χ4n) is 2.46. The number of hydrogen-bond donors (Lipinski definition) is 1. The van der Waals surface area contributed by atoms with E-state index < -0.39 is 24.4 Å². The number of imide groups is 1. The van der Waals surface area contributed by atoms with Crippen LogP contribution in [-0.4, -0.2) is 38.7 Å². The first kappa shape index (κ1) is 18.1. The molecule has 0 saturated carbocycles. The Morgan fingerprint density at radius 2 is 1.89 bits per heavy atom. The monoisotopic (exact) mass is 366 g/mol. The molecule has 27 heavy (non-hydrogen) atoms. The van der Waals surface area contributed by atoms with Gasteiger partial charge in [0.2, 0.25) is 0 Å². The molecular weight excluding hydrogens is 348 g/mol. The lowest BCUT2D eigenvalue weighted by molar-refractivity contribution is -0.123. The Hall–Kier alpha value is -3.68. The molecule has 3 aromatic rings. The summed E-state index contributed by atoms with van der Waals surface area (Å²) in [5, 5.41) is 6.28. The number of rotatable bonds is 6. The first-order valence-corrected chi connectivity index (χ1v) is 8.22. The number of aromatic nitrogens is 3. The van der Waals surface area contributed by atoms with Crippen molar-refractivity contribution < 1.29 is 19.1 Å². The normalized spacial score (nSPS) is 10.4. The molecule has 0 aliphatic heterocycles. The third kappa shape index (κ3) is 4.69. The molecule has 8 nitrogen and oxygen atoms in total. The number of carbonyl (C=O) groups is 3. The van der Waals surface area contributed by atoms with Crippen LogP contribution >= 0.6 is 0 Å². The SMILES string of the molecule is Cn1cccc1C(=O)NC(=O)COC(=O)c1cnn(Cc2ccccc2)c1. The Morgan fingerprint density at radius 3 is 2.59 bits per heavy atom. The third-order valence-electron chi connectivity index (χ3n) is 3.82. The number of nitrogens with zero attached hydrogens (tertiary/aromatic N) is 3. The minimum Gasteiger partial charge on any atom is -0.452 e. The van der Waals surface area contributed by atoms with Crippen molar-refractivity contribution in [1.29, 1.82) is 0 Å². The summed E-state index contributed by atoms with van der Waals surface area (Å²) in [5.74, 6) is -1.94. The van der Waals surface area contributed by atoms with Crippen molar-refractivity contribution in [3.05, 3.63) is 77.9 Å². The van der Waals surface area contributed by atoms with Crippen molar-refractivity contribution >= 4 is 17.8 Å². The minimum atomic E-state index is -0.703. The van der Waals surface area contributed by atoms with Gasteiger partial charge in [0.1, 0.15) is 5.69 Å². The van der Waals surface area contributed by atoms with Crippen LogP contribution in [0.15, 0.2) is 61.1 Å². The first-order chi connectivity index (χ1) is 13.0. The average Bonchev–Trinajstić information content (AvgIpc) is 3.29. The molecule has 0 unspecified atom stereocenters. The molecule has 2 amide bonds. The summed E-state index contributed by atoms with van der Waals surface area (Å²) >= 11 is 0. The summed E-state index contributed by atoms with van der Waals surface area (Å²) in [4.78, 5) is 35.8. The van der Waals surface area contributed by atoms with Crippen molar-refractivity contribution in [2.75, 3.05) is 6.61 Å². The number of hydrogen-bond acceptors (Lipinski definition) is 5. The Balaban J connectivity index is 1.50. The van der Waals surface area contributed by atoms with Gasteiger partial charge in [-0.1, -0.05) is 30.3 Å². The second-order valence-electron chi connectivity index (χ2n) is 5.87. The van der Waals surface area contributed by atoms with Gasteiger partial charge in [-0.25, -0.2) is 4.79 Å². The maximum Gasteiger partial charge on any atom is 0.341 e. The molecule has 0 radical (unpaired) electrons. The second-order valence-corrected chi connectivity index (χ2v) is 5.87. The van der Waals surface area contributed by atoms with E-state index in [-0.39, 0.29) is 5.56 Å². The molecule has 1 aromatic carbocycles. The smallest absolute Gasteiger partial charge is 0.341 e. The minimum absolute atomic E-state index is 0.229. The van der Waals surface area contributed by atoms with Gasteiger partial charge in [-0.05, 0) is 17.7 Å². The fraction of sp³-hybridized carbons (Fsp3) is 0.158. The number of amides is 2. The molecule has 0 atom stereocenters. The van der Waals surface area contributed by atoms with Gasteiger partial charge in [0.25, 0.3) is 11.8 Å². The molecule has 0 aliphatic rings. The van der Waals surface area contributed by atoms with Gasteiger partial charge < -0.3 is 9.30 Å². The van der Waals surface area contributed by atoms with Crippen molar-refractivity contribution in [3.8, 4) is 0 Å². The van der Waals surface area contributed by atoms with E-state index in [1.807, 2.05) is 30.3 Å².